The molecule has 0 spiro atoms. The fourth-order valence-corrected chi connectivity index (χ4v) is 3.20. The van der Waals surface area contributed by atoms with Crippen molar-refractivity contribution in [3.63, 3.8) is 0 Å². The topological polar surface area (TPSA) is 95.0 Å². The first kappa shape index (κ1) is 25.2. The van der Waals surface area contributed by atoms with Gasteiger partial charge in [0.15, 0.2) is 5.96 Å². The van der Waals surface area contributed by atoms with Gasteiger partial charge in [0.1, 0.15) is 0 Å². The largest absolute Gasteiger partial charge is 0.396 e. The fraction of sp³-hybridized carbons (Fsp3) is 0.556. The van der Waals surface area contributed by atoms with Gasteiger partial charge in [-0.3, -0.25) is 9.79 Å². The fourth-order valence-electron chi connectivity index (χ4n) is 2.90. The normalized spacial score (nSPS) is 19.1. The zero-order chi connectivity index (χ0) is 19.7. The zero-order valence-corrected chi connectivity index (χ0v) is 19.6. The average molecular weight is 545 g/mol. The highest BCUT2D eigenvalue weighted by Crippen LogP contribution is 2.31. The van der Waals surface area contributed by atoms with Crippen LogP contribution in [-0.2, 0) is 4.74 Å². The van der Waals surface area contributed by atoms with E-state index in [1.807, 2.05) is 0 Å². The number of amides is 1. The molecule has 1 saturated heterocycles. The number of benzene rings is 1. The highest BCUT2D eigenvalue weighted by atomic mass is 127. The summed E-state index contributed by atoms with van der Waals surface area (Å²) in [5, 5.41) is 19.3. The van der Waals surface area contributed by atoms with Crippen LogP contribution in [0.5, 0.6) is 0 Å². The molecular formula is C18H27Cl2IN4O3. The molecule has 0 aromatic heterocycles. The van der Waals surface area contributed by atoms with E-state index < -0.39 is 0 Å². The van der Waals surface area contributed by atoms with Gasteiger partial charge in [-0.25, -0.2) is 0 Å². The van der Waals surface area contributed by atoms with Crippen molar-refractivity contribution in [1.29, 1.82) is 0 Å². The summed E-state index contributed by atoms with van der Waals surface area (Å²) in [7, 11) is 1.69. The van der Waals surface area contributed by atoms with Crippen molar-refractivity contribution in [2.75, 3.05) is 46.5 Å². The Hall–Kier alpha value is -0.810. The molecular weight excluding hydrogens is 518 g/mol. The molecule has 2 rings (SSSR count). The van der Waals surface area contributed by atoms with Gasteiger partial charge in [-0.05, 0) is 31.0 Å². The van der Waals surface area contributed by atoms with Gasteiger partial charge in [-0.15, -0.1) is 24.0 Å². The summed E-state index contributed by atoms with van der Waals surface area (Å²) >= 11 is 11.8. The summed E-state index contributed by atoms with van der Waals surface area (Å²) < 4.78 is 5.49. The molecule has 1 aliphatic heterocycles. The van der Waals surface area contributed by atoms with Crippen molar-refractivity contribution in [3.05, 3.63) is 33.8 Å². The Kier molecular flexibility index (Phi) is 11.4. The van der Waals surface area contributed by atoms with E-state index in [4.69, 9.17) is 27.9 Å². The van der Waals surface area contributed by atoms with Crippen LogP contribution in [0.2, 0.25) is 10.0 Å². The lowest BCUT2D eigenvalue weighted by atomic mass is 9.84. The number of rotatable bonds is 8. The molecule has 10 heteroatoms. The Morgan fingerprint density at radius 3 is 2.61 bits per heavy atom. The first-order valence-electron chi connectivity index (χ1n) is 8.86. The Morgan fingerprint density at radius 1 is 1.25 bits per heavy atom. The minimum atomic E-state index is -0.219. The summed E-state index contributed by atoms with van der Waals surface area (Å²) in [6.45, 7) is 3.09. The molecule has 1 amide bonds. The van der Waals surface area contributed by atoms with E-state index in [-0.39, 0.29) is 41.9 Å². The van der Waals surface area contributed by atoms with Crippen LogP contribution in [0.3, 0.4) is 0 Å². The van der Waals surface area contributed by atoms with E-state index in [9.17, 15) is 9.90 Å². The van der Waals surface area contributed by atoms with E-state index >= 15 is 0 Å². The lowest BCUT2D eigenvalue weighted by Gasteiger charge is -2.27. The van der Waals surface area contributed by atoms with Gasteiger partial charge in [-0.2, -0.15) is 0 Å². The van der Waals surface area contributed by atoms with E-state index in [0.29, 0.717) is 60.8 Å². The van der Waals surface area contributed by atoms with E-state index in [2.05, 4.69) is 20.9 Å². The highest BCUT2D eigenvalue weighted by Gasteiger charge is 2.34. The molecule has 1 aliphatic rings. The van der Waals surface area contributed by atoms with Crippen LogP contribution in [-0.4, -0.2) is 63.5 Å². The van der Waals surface area contributed by atoms with Gasteiger partial charge in [0.25, 0.3) is 5.91 Å². The second-order valence-corrected chi connectivity index (χ2v) is 7.33. The molecule has 1 aromatic carbocycles. The summed E-state index contributed by atoms with van der Waals surface area (Å²) in [5.74, 6) is 0.423. The van der Waals surface area contributed by atoms with Gasteiger partial charge in [-0.1, -0.05) is 23.2 Å². The van der Waals surface area contributed by atoms with Gasteiger partial charge in [0, 0.05) is 50.9 Å². The predicted molar refractivity (Wildman–Crippen MR) is 123 cm³/mol. The number of aliphatic hydroxyl groups excluding tert-OH is 1. The predicted octanol–water partition coefficient (Wildman–Crippen LogP) is 2.30. The highest BCUT2D eigenvalue weighted by molar-refractivity contribution is 14.0. The maximum Gasteiger partial charge on any atom is 0.251 e. The number of hydrogen-bond donors (Lipinski definition) is 4. The molecule has 0 bridgehead atoms. The molecule has 28 heavy (non-hydrogen) atoms. The minimum absolute atomic E-state index is 0. The molecule has 158 valence electrons. The van der Waals surface area contributed by atoms with Gasteiger partial charge in [0.2, 0.25) is 0 Å². The van der Waals surface area contributed by atoms with Crippen molar-refractivity contribution < 1.29 is 14.6 Å². The Balaban J connectivity index is 0.00000392. The van der Waals surface area contributed by atoms with Crippen molar-refractivity contribution in [3.8, 4) is 0 Å². The number of nitrogens with one attached hydrogen (secondary N) is 3. The molecule has 1 aromatic rings. The molecule has 1 atom stereocenters. The van der Waals surface area contributed by atoms with Crippen LogP contribution in [0.15, 0.2) is 23.2 Å². The van der Waals surface area contributed by atoms with E-state index in [1.165, 1.54) is 6.07 Å². The first-order valence-corrected chi connectivity index (χ1v) is 9.62. The lowest BCUT2D eigenvalue weighted by Crippen LogP contribution is -2.46. The van der Waals surface area contributed by atoms with Crippen LogP contribution in [0.1, 0.15) is 23.2 Å². The average Bonchev–Trinajstić information content (AvgIpc) is 3.12. The summed E-state index contributed by atoms with van der Waals surface area (Å²) in [6.07, 6.45) is 1.61. The number of aliphatic hydroxyl groups is 1. The van der Waals surface area contributed by atoms with Crippen molar-refractivity contribution in [2.45, 2.75) is 12.8 Å². The monoisotopic (exact) mass is 544 g/mol. The minimum Gasteiger partial charge on any atom is -0.396 e. The van der Waals surface area contributed by atoms with Crippen LogP contribution in [0.25, 0.3) is 0 Å². The van der Waals surface area contributed by atoms with Crippen LogP contribution in [0.4, 0.5) is 0 Å². The lowest BCUT2D eigenvalue weighted by molar-refractivity contribution is 0.0954. The maximum atomic E-state index is 12.1. The first-order chi connectivity index (χ1) is 13.0. The molecule has 1 heterocycles. The number of nitrogens with zero attached hydrogens (tertiary/aromatic N) is 1. The summed E-state index contributed by atoms with van der Waals surface area (Å²) in [5.41, 5.74) is 0.396. The molecule has 1 unspecified atom stereocenters. The smallest absolute Gasteiger partial charge is 0.251 e. The van der Waals surface area contributed by atoms with Crippen LogP contribution < -0.4 is 16.0 Å². The Bertz CT molecular complexity index is 670. The summed E-state index contributed by atoms with van der Waals surface area (Å²) in [4.78, 5) is 16.3. The second-order valence-electron chi connectivity index (χ2n) is 6.51. The third-order valence-corrected chi connectivity index (χ3v) is 5.31. The molecule has 0 aliphatic carbocycles. The SMILES string of the molecule is CN=C(NCCNC(=O)c1ccc(Cl)c(Cl)c1)NCC1(CCO)CCOC1.I. The van der Waals surface area contributed by atoms with E-state index in [1.54, 1.807) is 19.2 Å². The number of carbonyl (C=O) groups is 1. The number of halogens is 3. The number of hydrogen-bond acceptors (Lipinski definition) is 4. The molecule has 7 nitrogen and oxygen atoms in total. The number of guanidine groups is 1. The van der Waals surface area contributed by atoms with Gasteiger partial charge >= 0.3 is 0 Å². The number of carbonyl (C=O) groups excluding carboxylic acids is 1. The Labute approximate surface area is 192 Å². The summed E-state index contributed by atoms with van der Waals surface area (Å²) in [6, 6.07) is 4.76. The zero-order valence-electron chi connectivity index (χ0n) is 15.8. The van der Waals surface area contributed by atoms with Crippen molar-refractivity contribution >= 4 is 59.0 Å². The third kappa shape index (κ3) is 7.55. The van der Waals surface area contributed by atoms with Crippen molar-refractivity contribution in [1.82, 2.24) is 16.0 Å². The molecule has 0 saturated carbocycles. The number of ether oxygens (including phenoxy) is 1. The van der Waals surface area contributed by atoms with Gasteiger partial charge in [0.05, 0.1) is 16.7 Å². The Morgan fingerprint density at radius 2 is 2.00 bits per heavy atom. The van der Waals surface area contributed by atoms with Crippen molar-refractivity contribution in [2.24, 2.45) is 10.4 Å². The second kappa shape index (κ2) is 12.7. The van der Waals surface area contributed by atoms with Crippen LogP contribution in [0, 0.1) is 5.41 Å². The van der Waals surface area contributed by atoms with Crippen LogP contribution >= 0.6 is 47.2 Å². The molecule has 1 fully saturated rings. The van der Waals surface area contributed by atoms with E-state index in [0.717, 1.165) is 6.42 Å². The third-order valence-electron chi connectivity index (χ3n) is 4.57. The molecule has 4 N–H and O–H groups in total. The van der Waals surface area contributed by atoms with Gasteiger partial charge < -0.3 is 25.8 Å². The number of aliphatic imine (C=N–C) groups is 1. The quantitative estimate of drug-likeness (QED) is 0.174. The standard InChI is InChI=1S/C18H26Cl2N4O3.HI/c1-21-17(24-11-18(4-8-25)5-9-27-12-18)23-7-6-22-16(26)13-2-3-14(19)15(20)10-13;/h2-3,10,25H,4-9,11-12H2,1H3,(H,22,26)(H2,21,23,24);1H. The maximum absolute atomic E-state index is 12.1. The molecule has 0 radical (unpaired) electrons.